The SMILES string of the molecule is CCN(CC)c1ccc(NC(=O)C(C)NC)c(C)c1. The van der Waals surface area contributed by atoms with Crippen molar-refractivity contribution in [3.63, 3.8) is 0 Å². The van der Waals surface area contributed by atoms with E-state index in [4.69, 9.17) is 0 Å². The zero-order valence-corrected chi connectivity index (χ0v) is 12.6. The molecule has 19 heavy (non-hydrogen) atoms. The molecule has 0 aliphatic rings. The van der Waals surface area contributed by atoms with E-state index in [0.717, 1.165) is 24.3 Å². The normalized spacial score (nSPS) is 12.1. The zero-order chi connectivity index (χ0) is 14.4. The Kier molecular flexibility index (Phi) is 5.83. The zero-order valence-electron chi connectivity index (χ0n) is 12.6. The van der Waals surface area contributed by atoms with Gasteiger partial charge in [0, 0.05) is 24.5 Å². The van der Waals surface area contributed by atoms with Crippen LogP contribution in [0.1, 0.15) is 26.3 Å². The van der Waals surface area contributed by atoms with E-state index in [-0.39, 0.29) is 11.9 Å². The third-order valence-corrected chi connectivity index (χ3v) is 3.42. The molecule has 4 heteroatoms. The largest absolute Gasteiger partial charge is 0.372 e. The molecule has 1 unspecified atom stereocenters. The van der Waals surface area contributed by atoms with Crippen molar-refractivity contribution in [2.24, 2.45) is 0 Å². The van der Waals surface area contributed by atoms with E-state index in [1.807, 2.05) is 19.9 Å². The fraction of sp³-hybridized carbons (Fsp3) is 0.533. The number of carbonyl (C=O) groups excluding carboxylic acids is 1. The van der Waals surface area contributed by atoms with Gasteiger partial charge in [0.15, 0.2) is 0 Å². The van der Waals surface area contributed by atoms with Crippen LogP contribution in [-0.2, 0) is 4.79 Å². The maximum atomic E-state index is 11.8. The molecule has 4 nitrogen and oxygen atoms in total. The number of nitrogens with zero attached hydrogens (tertiary/aromatic N) is 1. The van der Waals surface area contributed by atoms with E-state index in [1.165, 1.54) is 5.69 Å². The Hall–Kier alpha value is -1.55. The molecule has 1 atom stereocenters. The minimum Gasteiger partial charge on any atom is -0.372 e. The summed E-state index contributed by atoms with van der Waals surface area (Å²) in [5.41, 5.74) is 3.16. The van der Waals surface area contributed by atoms with Crippen molar-refractivity contribution >= 4 is 17.3 Å². The van der Waals surface area contributed by atoms with Gasteiger partial charge in [0.1, 0.15) is 0 Å². The lowest BCUT2D eigenvalue weighted by Crippen LogP contribution is -2.35. The summed E-state index contributed by atoms with van der Waals surface area (Å²) in [5, 5.41) is 5.88. The van der Waals surface area contributed by atoms with Gasteiger partial charge >= 0.3 is 0 Å². The molecule has 0 saturated carbocycles. The number of aryl methyl sites for hydroxylation is 1. The van der Waals surface area contributed by atoms with Gasteiger partial charge in [0.2, 0.25) is 5.91 Å². The van der Waals surface area contributed by atoms with E-state index in [2.05, 4.69) is 41.5 Å². The Morgan fingerprint density at radius 2 is 1.95 bits per heavy atom. The summed E-state index contributed by atoms with van der Waals surface area (Å²) in [4.78, 5) is 14.1. The van der Waals surface area contributed by atoms with Crippen LogP contribution in [0.25, 0.3) is 0 Å². The Morgan fingerprint density at radius 3 is 2.42 bits per heavy atom. The topological polar surface area (TPSA) is 44.4 Å². The number of carbonyl (C=O) groups is 1. The number of likely N-dealkylation sites (N-methyl/N-ethyl adjacent to an activating group) is 1. The van der Waals surface area contributed by atoms with Crippen LogP contribution in [0.3, 0.4) is 0 Å². The van der Waals surface area contributed by atoms with Crippen molar-refractivity contribution in [3.8, 4) is 0 Å². The van der Waals surface area contributed by atoms with Gasteiger partial charge < -0.3 is 15.5 Å². The van der Waals surface area contributed by atoms with Crippen molar-refractivity contribution in [2.45, 2.75) is 33.7 Å². The average molecular weight is 263 g/mol. The molecule has 1 aromatic carbocycles. The van der Waals surface area contributed by atoms with Gasteiger partial charge in [0.25, 0.3) is 0 Å². The monoisotopic (exact) mass is 263 g/mol. The number of amides is 1. The minimum atomic E-state index is -0.193. The van der Waals surface area contributed by atoms with Crippen LogP contribution < -0.4 is 15.5 Å². The van der Waals surface area contributed by atoms with Crippen LogP contribution in [0, 0.1) is 6.92 Å². The van der Waals surface area contributed by atoms with Crippen LogP contribution in [0.4, 0.5) is 11.4 Å². The highest BCUT2D eigenvalue weighted by Gasteiger charge is 2.12. The first-order valence-corrected chi connectivity index (χ1v) is 6.87. The van der Waals surface area contributed by atoms with Crippen LogP contribution in [0.15, 0.2) is 18.2 Å². The highest BCUT2D eigenvalue weighted by molar-refractivity contribution is 5.95. The molecular formula is C15H25N3O. The predicted molar refractivity (Wildman–Crippen MR) is 81.9 cm³/mol. The lowest BCUT2D eigenvalue weighted by atomic mass is 10.1. The molecule has 0 spiro atoms. The van der Waals surface area contributed by atoms with Crippen LogP contribution in [-0.4, -0.2) is 32.1 Å². The molecule has 0 heterocycles. The van der Waals surface area contributed by atoms with E-state index in [9.17, 15) is 4.79 Å². The summed E-state index contributed by atoms with van der Waals surface area (Å²) in [6.45, 7) is 10.1. The first kappa shape index (κ1) is 15.5. The Balaban J connectivity index is 2.86. The van der Waals surface area contributed by atoms with Crippen molar-refractivity contribution in [3.05, 3.63) is 23.8 Å². The number of hydrogen-bond donors (Lipinski definition) is 2. The van der Waals surface area contributed by atoms with Crippen molar-refractivity contribution in [1.82, 2.24) is 5.32 Å². The molecule has 1 amide bonds. The molecule has 0 aliphatic heterocycles. The second kappa shape index (κ2) is 7.14. The quantitative estimate of drug-likeness (QED) is 0.828. The Bertz CT molecular complexity index is 427. The van der Waals surface area contributed by atoms with Gasteiger partial charge in [-0.05, 0) is 58.5 Å². The van der Waals surface area contributed by atoms with Crippen molar-refractivity contribution < 1.29 is 4.79 Å². The summed E-state index contributed by atoms with van der Waals surface area (Å²) in [6.07, 6.45) is 0. The third-order valence-electron chi connectivity index (χ3n) is 3.42. The molecule has 0 fully saturated rings. The van der Waals surface area contributed by atoms with Gasteiger partial charge in [-0.2, -0.15) is 0 Å². The fourth-order valence-corrected chi connectivity index (χ4v) is 1.95. The van der Waals surface area contributed by atoms with Crippen molar-refractivity contribution in [1.29, 1.82) is 0 Å². The lowest BCUT2D eigenvalue weighted by Gasteiger charge is -2.22. The highest BCUT2D eigenvalue weighted by atomic mass is 16.2. The average Bonchev–Trinajstić information content (AvgIpc) is 2.42. The molecule has 106 valence electrons. The molecule has 0 bridgehead atoms. The molecule has 0 aliphatic carbocycles. The van der Waals surface area contributed by atoms with Gasteiger partial charge in [-0.15, -0.1) is 0 Å². The molecule has 1 aromatic rings. The number of benzene rings is 1. The third kappa shape index (κ3) is 3.96. The summed E-state index contributed by atoms with van der Waals surface area (Å²) >= 11 is 0. The molecular weight excluding hydrogens is 238 g/mol. The number of hydrogen-bond acceptors (Lipinski definition) is 3. The van der Waals surface area contributed by atoms with Crippen LogP contribution >= 0.6 is 0 Å². The maximum Gasteiger partial charge on any atom is 0.241 e. The first-order chi connectivity index (χ1) is 9.03. The minimum absolute atomic E-state index is 0.0128. The second-order valence-electron chi connectivity index (χ2n) is 4.67. The fourth-order valence-electron chi connectivity index (χ4n) is 1.95. The first-order valence-electron chi connectivity index (χ1n) is 6.87. The smallest absolute Gasteiger partial charge is 0.241 e. The van der Waals surface area contributed by atoms with E-state index in [0.29, 0.717) is 0 Å². The van der Waals surface area contributed by atoms with Crippen molar-refractivity contribution in [2.75, 3.05) is 30.4 Å². The number of rotatable bonds is 6. The predicted octanol–water partition coefficient (Wildman–Crippen LogP) is 2.39. The van der Waals surface area contributed by atoms with Gasteiger partial charge in [-0.25, -0.2) is 0 Å². The molecule has 0 radical (unpaired) electrons. The Labute approximate surface area is 116 Å². The second-order valence-corrected chi connectivity index (χ2v) is 4.67. The van der Waals surface area contributed by atoms with E-state index < -0.39 is 0 Å². The number of anilines is 2. The highest BCUT2D eigenvalue weighted by Crippen LogP contribution is 2.22. The number of nitrogens with one attached hydrogen (secondary N) is 2. The molecule has 1 rings (SSSR count). The summed E-state index contributed by atoms with van der Waals surface area (Å²) in [7, 11) is 1.78. The maximum absolute atomic E-state index is 11.8. The van der Waals surface area contributed by atoms with Gasteiger partial charge in [-0.3, -0.25) is 4.79 Å². The van der Waals surface area contributed by atoms with Crippen LogP contribution in [0.2, 0.25) is 0 Å². The molecule has 0 saturated heterocycles. The lowest BCUT2D eigenvalue weighted by molar-refractivity contribution is -0.117. The molecule has 2 N–H and O–H groups in total. The van der Waals surface area contributed by atoms with Gasteiger partial charge in [-0.1, -0.05) is 0 Å². The standard InChI is InChI=1S/C15H25N3O/c1-6-18(7-2)13-8-9-14(11(3)10-13)17-15(19)12(4)16-5/h8-10,12,16H,6-7H2,1-5H3,(H,17,19). The Morgan fingerprint density at radius 1 is 1.32 bits per heavy atom. The van der Waals surface area contributed by atoms with E-state index in [1.54, 1.807) is 7.05 Å². The van der Waals surface area contributed by atoms with E-state index >= 15 is 0 Å². The molecule has 0 aromatic heterocycles. The summed E-state index contributed by atoms with van der Waals surface area (Å²) < 4.78 is 0. The summed E-state index contributed by atoms with van der Waals surface area (Å²) in [6, 6.07) is 5.96. The van der Waals surface area contributed by atoms with Crippen LogP contribution in [0.5, 0.6) is 0 Å². The van der Waals surface area contributed by atoms with Gasteiger partial charge in [0.05, 0.1) is 6.04 Å². The summed E-state index contributed by atoms with van der Waals surface area (Å²) in [5.74, 6) is -0.0128.